The summed E-state index contributed by atoms with van der Waals surface area (Å²) in [7, 11) is 1.62. The summed E-state index contributed by atoms with van der Waals surface area (Å²) >= 11 is 0. The molecule has 0 saturated carbocycles. The molecule has 7 nitrogen and oxygen atoms in total. The third-order valence-electron chi connectivity index (χ3n) is 5.57. The maximum Gasteiger partial charge on any atom is 0.337 e. The van der Waals surface area contributed by atoms with E-state index in [4.69, 9.17) is 4.74 Å². The molecule has 2 heterocycles. The van der Waals surface area contributed by atoms with Crippen LogP contribution in [0.1, 0.15) is 37.8 Å². The van der Waals surface area contributed by atoms with Gasteiger partial charge in [-0.25, -0.2) is 14.3 Å². The van der Waals surface area contributed by atoms with Gasteiger partial charge in [0.05, 0.1) is 25.7 Å². The third kappa shape index (κ3) is 3.56. The Morgan fingerprint density at radius 1 is 1.03 bits per heavy atom. The molecule has 2 aromatic heterocycles. The highest BCUT2D eigenvalue weighted by Crippen LogP contribution is 2.21. The summed E-state index contributed by atoms with van der Waals surface area (Å²) in [5, 5.41) is 0. The van der Waals surface area contributed by atoms with E-state index in [0.717, 1.165) is 11.3 Å². The summed E-state index contributed by atoms with van der Waals surface area (Å²) < 4.78 is 10.00. The van der Waals surface area contributed by atoms with Crippen LogP contribution in [-0.2, 0) is 13.1 Å². The number of methoxy groups -OCH3 is 1. The molecule has 160 valence electrons. The van der Waals surface area contributed by atoms with Crippen LogP contribution in [0.2, 0.25) is 0 Å². The number of hydrogen-bond donors (Lipinski definition) is 0. The molecule has 0 atom stereocenters. The van der Waals surface area contributed by atoms with Crippen LogP contribution in [0.25, 0.3) is 16.9 Å². The van der Waals surface area contributed by atoms with Gasteiger partial charge in [-0.3, -0.25) is 9.36 Å². The Morgan fingerprint density at radius 3 is 2.39 bits per heavy atom. The highest BCUT2D eigenvalue weighted by molar-refractivity contribution is 5.72. The van der Waals surface area contributed by atoms with Crippen molar-refractivity contribution in [1.82, 2.24) is 18.7 Å². The molecular formula is C24H26N4O3. The van der Waals surface area contributed by atoms with Crippen LogP contribution in [-0.4, -0.2) is 25.8 Å². The van der Waals surface area contributed by atoms with E-state index in [9.17, 15) is 9.59 Å². The Kier molecular flexibility index (Phi) is 5.50. The van der Waals surface area contributed by atoms with Crippen LogP contribution in [0, 0.1) is 0 Å². The lowest BCUT2D eigenvalue weighted by molar-refractivity contribution is 0.408. The number of aromatic nitrogens is 4. The monoisotopic (exact) mass is 418 g/mol. The van der Waals surface area contributed by atoms with E-state index >= 15 is 0 Å². The zero-order chi connectivity index (χ0) is 22.1. The number of benzene rings is 2. The quantitative estimate of drug-likeness (QED) is 0.480. The van der Waals surface area contributed by atoms with Crippen LogP contribution < -0.4 is 16.0 Å². The average molecular weight is 418 g/mol. The predicted molar refractivity (Wildman–Crippen MR) is 121 cm³/mol. The smallest absolute Gasteiger partial charge is 0.337 e. The van der Waals surface area contributed by atoms with Crippen LogP contribution in [0.15, 0.2) is 64.4 Å². The van der Waals surface area contributed by atoms with Gasteiger partial charge in [-0.05, 0) is 36.6 Å². The summed E-state index contributed by atoms with van der Waals surface area (Å²) in [6.45, 7) is 6.72. The molecule has 0 radical (unpaired) electrons. The molecule has 0 saturated heterocycles. The van der Waals surface area contributed by atoms with E-state index in [0.29, 0.717) is 29.3 Å². The molecule has 4 rings (SSSR count). The Bertz CT molecular complexity index is 1340. The lowest BCUT2D eigenvalue weighted by Gasteiger charge is -2.13. The van der Waals surface area contributed by atoms with Crippen LogP contribution in [0.5, 0.6) is 5.75 Å². The fourth-order valence-corrected chi connectivity index (χ4v) is 3.84. The first-order chi connectivity index (χ1) is 15.0. The van der Waals surface area contributed by atoms with Crippen molar-refractivity contribution < 1.29 is 4.74 Å². The van der Waals surface area contributed by atoms with E-state index in [1.807, 2.05) is 48.5 Å². The number of nitrogens with zero attached hydrogens (tertiary/aromatic N) is 4. The van der Waals surface area contributed by atoms with E-state index in [2.05, 4.69) is 18.8 Å². The second kappa shape index (κ2) is 8.26. The number of ether oxygens (including phenoxy) is 1. The maximum atomic E-state index is 13.2. The van der Waals surface area contributed by atoms with Gasteiger partial charge in [0.25, 0.3) is 5.56 Å². The van der Waals surface area contributed by atoms with Gasteiger partial charge in [-0.1, -0.05) is 44.2 Å². The van der Waals surface area contributed by atoms with Gasteiger partial charge >= 0.3 is 5.69 Å². The molecule has 31 heavy (non-hydrogen) atoms. The first-order valence-electron chi connectivity index (χ1n) is 10.4. The van der Waals surface area contributed by atoms with Crippen molar-refractivity contribution >= 4 is 11.2 Å². The number of rotatable bonds is 6. The molecule has 0 unspecified atom stereocenters. The molecule has 0 fully saturated rings. The van der Waals surface area contributed by atoms with E-state index in [1.54, 1.807) is 24.9 Å². The zero-order valence-electron chi connectivity index (χ0n) is 18.2. The molecule has 0 aliphatic heterocycles. The Hall–Kier alpha value is -3.61. The Morgan fingerprint density at radius 2 is 1.74 bits per heavy atom. The summed E-state index contributed by atoms with van der Waals surface area (Å²) in [6.07, 6.45) is 1.61. The lowest BCUT2D eigenvalue weighted by Crippen LogP contribution is -2.39. The molecule has 0 bridgehead atoms. The molecule has 4 aromatic rings. The van der Waals surface area contributed by atoms with Gasteiger partial charge in [0.1, 0.15) is 5.75 Å². The summed E-state index contributed by atoms with van der Waals surface area (Å²) in [5.41, 5.74) is 2.80. The van der Waals surface area contributed by atoms with Crippen molar-refractivity contribution in [2.75, 3.05) is 7.11 Å². The maximum absolute atomic E-state index is 13.2. The van der Waals surface area contributed by atoms with Gasteiger partial charge in [0.2, 0.25) is 0 Å². The Balaban J connectivity index is 1.94. The average Bonchev–Trinajstić information content (AvgIpc) is 3.18. The van der Waals surface area contributed by atoms with Gasteiger partial charge in [0, 0.05) is 12.1 Å². The topological polar surface area (TPSA) is 71.0 Å². The van der Waals surface area contributed by atoms with Crippen LogP contribution in [0.3, 0.4) is 0 Å². The fraction of sp³-hybridized carbons (Fsp3) is 0.292. The van der Waals surface area contributed by atoms with Crippen LogP contribution in [0.4, 0.5) is 0 Å². The van der Waals surface area contributed by atoms with E-state index in [-0.39, 0.29) is 17.8 Å². The third-order valence-corrected chi connectivity index (χ3v) is 5.57. The highest BCUT2D eigenvalue weighted by atomic mass is 16.5. The van der Waals surface area contributed by atoms with Crippen molar-refractivity contribution in [3.8, 4) is 11.4 Å². The molecule has 0 N–H and O–H groups in total. The van der Waals surface area contributed by atoms with Crippen molar-refractivity contribution in [2.24, 2.45) is 0 Å². The van der Waals surface area contributed by atoms with Gasteiger partial charge in [0.15, 0.2) is 11.2 Å². The first-order valence-corrected chi connectivity index (χ1v) is 10.4. The standard InChI is InChI=1S/C24H26N4O3/c1-5-27-23(29)21-22(25-15-26(21)14-18-8-6-7-9-20(18)31-4)28(24(27)30)19-12-10-17(11-13-19)16(2)3/h6-13,15-16H,5,14H2,1-4H3. The molecule has 0 aliphatic carbocycles. The van der Waals surface area contributed by atoms with Gasteiger partial charge < -0.3 is 9.30 Å². The summed E-state index contributed by atoms with van der Waals surface area (Å²) in [5.74, 6) is 1.12. The second-order valence-electron chi connectivity index (χ2n) is 7.77. The minimum atomic E-state index is -0.389. The lowest BCUT2D eigenvalue weighted by atomic mass is 10.0. The first kappa shape index (κ1) is 20.7. The van der Waals surface area contributed by atoms with Crippen molar-refractivity contribution in [1.29, 1.82) is 0 Å². The molecule has 0 aliphatic rings. The largest absolute Gasteiger partial charge is 0.496 e. The number of fused-ring (bicyclic) bond motifs is 1. The molecule has 0 amide bonds. The number of imidazole rings is 1. The van der Waals surface area contributed by atoms with Crippen molar-refractivity contribution in [2.45, 2.75) is 39.8 Å². The zero-order valence-corrected chi connectivity index (χ0v) is 18.2. The SMILES string of the molecule is CCn1c(=O)c2c(ncn2Cc2ccccc2OC)n(-c2ccc(C(C)C)cc2)c1=O. The molecule has 7 heteroatoms. The predicted octanol–water partition coefficient (Wildman–Crippen LogP) is 3.55. The van der Waals surface area contributed by atoms with Gasteiger partial charge in [-0.2, -0.15) is 0 Å². The minimum Gasteiger partial charge on any atom is -0.496 e. The van der Waals surface area contributed by atoms with Crippen molar-refractivity contribution in [3.63, 3.8) is 0 Å². The van der Waals surface area contributed by atoms with Crippen molar-refractivity contribution in [3.05, 3.63) is 86.8 Å². The fourth-order valence-electron chi connectivity index (χ4n) is 3.84. The Labute approximate surface area is 180 Å². The summed E-state index contributed by atoms with van der Waals surface area (Å²) in [6, 6.07) is 15.5. The minimum absolute atomic E-state index is 0.275. The van der Waals surface area contributed by atoms with Gasteiger partial charge in [-0.15, -0.1) is 0 Å². The normalized spacial score (nSPS) is 11.4. The van der Waals surface area contributed by atoms with E-state index < -0.39 is 0 Å². The number of para-hydroxylation sites is 1. The number of hydrogen-bond acceptors (Lipinski definition) is 4. The van der Waals surface area contributed by atoms with Crippen LogP contribution >= 0.6 is 0 Å². The highest BCUT2D eigenvalue weighted by Gasteiger charge is 2.19. The second-order valence-corrected chi connectivity index (χ2v) is 7.77. The van der Waals surface area contributed by atoms with E-state index in [1.165, 1.54) is 14.7 Å². The summed E-state index contributed by atoms with van der Waals surface area (Å²) in [4.78, 5) is 30.8. The molecule has 2 aromatic carbocycles. The molecule has 0 spiro atoms. The molecular weight excluding hydrogens is 392 g/mol.